The number of likely N-dealkylation sites (N-methyl/N-ethyl adjacent to an activating group) is 1. The van der Waals surface area contributed by atoms with Gasteiger partial charge in [-0.3, -0.25) is 4.79 Å². The maximum absolute atomic E-state index is 12.7. The minimum Gasteiger partial charge on any atom is -0.355 e. The van der Waals surface area contributed by atoms with Crippen LogP contribution in [0.15, 0.2) is 29.2 Å². The summed E-state index contributed by atoms with van der Waals surface area (Å²) in [4.78, 5) is 12.7. The predicted molar refractivity (Wildman–Crippen MR) is 77.8 cm³/mol. The van der Waals surface area contributed by atoms with Gasteiger partial charge in [-0.15, -0.1) is 11.8 Å². The summed E-state index contributed by atoms with van der Waals surface area (Å²) in [7, 11) is 0. The molecule has 0 fully saturated rings. The van der Waals surface area contributed by atoms with E-state index in [-0.39, 0.29) is 17.6 Å². The van der Waals surface area contributed by atoms with Crippen LogP contribution < -0.4 is 10.6 Å². The summed E-state index contributed by atoms with van der Waals surface area (Å²) in [5, 5.41) is 6.04. The molecule has 0 aliphatic heterocycles. The summed E-state index contributed by atoms with van der Waals surface area (Å²) in [6, 6.07) is 6.33. The number of halogens is 1. The van der Waals surface area contributed by atoms with Crippen molar-refractivity contribution in [2.24, 2.45) is 5.92 Å². The molecule has 1 atom stereocenters. The fraction of sp³-hybridized carbons (Fsp3) is 0.500. The van der Waals surface area contributed by atoms with E-state index in [1.54, 1.807) is 23.9 Å². The number of carbonyl (C=O) groups excluding carboxylic acids is 1. The van der Waals surface area contributed by atoms with Crippen LogP contribution in [0.4, 0.5) is 4.39 Å². The summed E-state index contributed by atoms with van der Waals surface area (Å²) in [5.74, 6) is 0.460. The third-order valence-electron chi connectivity index (χ3n) is 2.61. The molecule has 1 amide bonds. The number of hydrogen-bond acceptors (Lipinski definition) is 3. The summed E-state index contributed by atoms with van der Waals surface area (Å²) >= 11 is 1.57. The third-order valence-corrected chi connectivity index (χ3v) is 3.88. The van der Waals surface area contributed by atoms with Gasteiger partial charge in [0, 0.05) is 29.7 Å². The Balaban J connectivity index is 2.24. The van der Waals surface area contributed by atoms with Gasteiger partial charge in [0.05, 0.1) is 0 Å². The summed E-state index contributed by atoms with van der Waals surface area (Å²) in [6.07, 6.45) is 0. The zero-order chi connectivity index (χ0) is 14.1. The van der Waals surface area contributed by atoms with Crippen molar-refractivity contribution in [1.82, 2.24) is 10.6 Å². The molecular weight excluding hydrogens is 263 g/mol. The number of carbonyl (C=O) groups is 1. The van der Waals surface area contributed by atoms with E-state index < -0.39 is 0 Å². The molecule has 0 heterocycles. The van der Waals surface area contributed by atoms with Crippen molar-refractivity contribution in [3.05, 3.63) is 30.1 Å². The van der Waals surface area contributed by atoms with Gasteiger partial charge in [-0.1, -0.05) is 13.8 Å². The van der Waals surface area contributed by atoms with Gasteiger partial charge in [-0.2, -0.15) is 0 Å². The van der Waals surface area contributed by atoms with E-state index in [9.17, 15) is 9.18 Å². The number of nitrogens with one attached hydrogen (secondary N) is 2. The molecule has 1 unspecified atom stereocenters. The normalized spacial score (nSPS) is 12.2. The van der Waals surface area contributed by atoms with Gasteiger partial charge in [0.1, 0.15) is 5.82 Å². The fourth-order valence-corrected chi connectivity index (χ4v) is 2.38. The lowest BCUT2D eigenvalue weighted by Crippen LogP contribution is -2.35. The van der Waals surface area contributed by atoms with E-state index >= 15 is 0 Å². The van der Waals surface area contributed by atoms with Crippen LogP contribution in [0.25, 0.3) is 0 Å². The maximum Gasteiger partial charge on any atom is 0.223 e. The second kappa shape index (κ2) is 8.93. The molecule has 2 N–H and O–H groups in total. The van der Waals surface area contributed by atoms with Crippen molar-refractivity contribution in [2.75, 3.05) is 25.4 Å². The zero-order valence-corrected chi connectivity index (χ0v) is 12.2. The molecular formula is C14H21FN2OS. The molecule has 0 spiro atoms. The lowest BCUT2D eigenvalue weighted by molar-refractivity contribution is -0.123. The smallest absolute Gasteiger partial charge is 0.223 e. The monoisotopic (exact) mass is 284 g/mol. The summed E-state index contributed by atoms with van der Waals surface area (Å²) in [5.41, 5.74) is 0. The average molecular weight is 284 g/mol. The second-order valence-electron chi connectivity index (χ2n) is 4.31. The number of hydrogen-bond donors (Lipinski definition) is 2. The van der Waals surface area contributed by atoms with Crippen molar-refractivity contribution in [2.45, 2.75) is 18.7 Å². The fourth-order valence-electron chi connectivity index (χ4n) is 1.45. The maximum atomic E-state index is 12.7. The Labute approximate surface area is 118 Å². The van der Waals surface area contributed by atoms with Gasteiger partial charge in [-0.05, 0) is 30.8 Å². The molecule has 1 aromatic rings. The van der Waals surface area contributed by atoms with E-state index in [1.807, 2.05) is 13.8 Å². The van der Waals surface area contributed by atoms with Gasteiger partial charge in [0.2, 0.25) is 5.91 Å². The molecule has 0 aliphatic carbocycles. The lowest BCUT2D eigenvalue weighted by Gasteiger charge is -2.12. The Morgan fingerprint density at radius 2 is 2.00 bits per heavy atom. The standard InChI is InChI=1S/C14H21FN2OS/c1-3-16-8-9-17-14(18)11(2)10-19-13-6-4-12(15)5-7-13/h4-7,11,16H,3,8-10H2,1-2H3,(H,17,18). The molecule has 0 aliphatic rings. The van der Waals surface area contributed by atoms with Crippen LogP contribution in [0.2, 0.25) is 0 Å². The molecule has 5 heteroatoms. The number of rotatable bonds is 8. The Morgan fingerprint density at radius 3 is 2.63 bits per heavy atom. The number of benzene rings is 1. The summed E-state index contributed by atoms with van der Waals surface area (Å²) in [6.45, 7) is 6.28. The molecule has 0 bridgehead atoms. The lowest BCUT2D eigenvalue weighted by atomic mass is 10.2. The van der Waals surface area contributed by atoms with Gasteiger partial charge in [-0.25, -0.2) is 4.39 Å². The zero-order valence-electron chi connectivity index (χ0n) is 11.4. The van der Waals surface area contributed by atoms with Crippen LogP contribution in [-0.2, 0) is 4.79 Å². The Morgan fingerprint density at radius 1 is 1.32 bits per heavy atom. The molecule has 0 radical (unpaired) electrons. The molecule has 0 aromatic heterocycles. The first kappa shape index (κ1) is 16.0. The highest BCUT2D eigenvalue weighted by Gasteiger charge is 2.12. The third kappa shape index (κ3) is 6.59. The van der Waals surface area contributed by atoms with Crippen LogP contribution >= 0.6 is 11.8 Å². The Kier molecular flexibility index (Phi) is 7.52. The molecule has 0 saturated carbocycles. The first-order valence-electron chi connectivity index (χ1n) is 6.50. The molecule has 0 saturated heterocycles. The highest BCUT2D eigenvalue weighted by atomic mass is 32.2. The van der Waals surface area contributed by atoms with Crippen LogP contribution in [0.1, 0.15) is 13.8 Å². The van der Waals surface area contributed by atoms with Crippen LogP contribution in [-0.4, -0.2) is 31.3 Å². The van der Waals surface area contributed by atoms with Gasteiger partial charge < -0.3 is 10.6 Å². The van der Waals surface area contributed by atoms with Crippen LogP contribution in [0.5, 0.6) is 0 Å². The first-order chi connectivity index (χ1) is 9.13. The second-order valence-corrected chi connectivity index (χ2v) is 5.40. The highest BCUT2D eigenvalue weighted by molar-refractivity contribution is 7.99. The van der Waals surface area contributed by atoms with Gasteiger partial charge in [0.15, 0.2) is 0 Å². The molecule has 106 valence electrons. The Hall–Kier alpha value is -1.07. The van der Waals surface area contributed by atoms with E-state index in [0.29, 0.717) is 12.3 Å². The van der Waals surface area contributed by atoms with Crippen LogP contribution in [0.3, 0.4) is 0 Å². The molecule has 1 rings (SSSR count). The quantitative estimate of drug-likeness (QED) is 0.568. The first-order valence-corrected chi connectivity index (χ1v) is 7.48. The van der Waals surface area contributed by atoms with E-state index in [1.165, 1.54) is 12.1 Å². The average Bonchev–Trinajstić information content (AvgIpc) is 2.42. The van der Waals surface area contributed by atoms with E-state index in [2.05, 4.69) is 10.6 Å². The van der Waals surface area contributed by atoms with Crippen molar-refractivity contribution in [1.29, 1.82) is 0 Å². The van der Waals surface area contributed by atoms with Crippen molar-refractivity contribution in [3.8, 4) is 0 Å². The predicted octanol–water partition coefficient (Wildman–Crippen LogP) is 2.28. The minimum absolute atomic E-state index is 0.0586. The van der Waals surface area contributed by atoms with Gasteiger partial charge in [0.25, 0.3) is 0 Å². The number of amides is 1. The molecule has 3 nitrogen and oxygen atoms in total. The largest absolute Gasteiger partial charge is 0.355 e. The summed E-state index contributed by atoms with van der Waals surface area (Å²) < 4.78 is 12.7. The van der Waals surface area contributed by atoms with Crippen molar-refractivity contribution >= 4 is 17.7 Å². The topological polar surface area (TPSA) is 41.1 Å². The molecule has 19 heavy (non-hydrogen) atoms. The Bertz CT molecular complexity index is 384. The van der Waals surface area contributed by atoms with E-state index in [0.717, 1.165) is 18.0 Å². The number of thioether (sulfide) groups is 1. The van der Waals surface area contributed by atoms with Gasteiger partial charge >= 0.3 is 0 Å². The van der Waals surface area contributed by atoms with E-state index in [4.69, 9.17) is 0 Å². The van der Waals surface area contributed by atoms with Crippen molar-refractivity contribution in [3.63, 3.8) is 0 Å². The van der Waals surface area contributed by atoms with Crippen molar-refractivity contribution < 1.29 is 9.18 Å². The van der Waals surface area contributed by atoms with Crippen LogP contribution in [0, 0.1) is 11.7 Å². The SMILES string of the molecule is CCNCCNC(=O)C(C)CSc1ccc(F)cc1. The highest BCUT2D eigenvalue weighted by Crippen LogP contribution is 2.20. The molecule has 1 aromatic carbocycles. The minimum atomic E-state index is -0.237.